The Kier molecular flexibility index (Phi) is 6.49. The lowest BCUT2D eigenvalue weighted by Gasteiger charge is -2.33. The summed E-state index contributed by atoms with van der Waals surface area (Å²) in [5.41, 5.74) is 0.483. The normalized spacial score (nSPS) is 11.8. The molecule has 5 nitrogen and oxygen atoms in total. The summed E-state index contributed by atoms with van der Waals surface area (Å²) in [5.74, 6) is -1.07. The minimum atomic E-state index is -1.07. The summed E-state index contributed by atoms with van der Waals surface area (Å²) >= 11 is 5.93. The highest BCUT2D eigenvalue weighted by molar-refractivity contribution is 6.30. The minimum Gasteiger partial charge on any atom is -0.480 e. The number of carboxylic acid groups (broad SMARTS) is 1. The number of halogens is 1. The molecule has 0 heterocycles. The molecule has 6 heteroatoms. The Morgan fingerprint density at radius 3 is 2.48 bits per heavy atom. The zero-order chi connectivity index (χ0) is 16.0. The zero-order valence-corrected chi connectivity index (χ0v) is 13.3. The molecule has 1 aromatic carbocycles. The lowest BCUT2D eigenvalue weighted by atomic mass is 10.2. The van der Waals surface area contributed by atoms with Crippen molar-refractivity contribution >= 4 is 29.3 Å². The van der Waals surface area contributed by atoms with Gasteiger partial charge in [-0.25, -0.2) is 4.79 Å². The van der Waals surface area contributed by atoms with Gasteiger partial charge in [0.15, 0.2) is 0 Å². The molecule has 1 N–H and O–H groups in total. The maximum Gasteiger partial charge on any atom is 0.325 e. The maximum atomic E-state index is 12.7. The third kappa shape index (κ3) is 4.63. The molecular weight excluding hydrogens is 292 g/mol. The van der Waals surface area contributed by atoms with Crippen molar-refractivity contribution in [3.05, 3.63) is 29.3 Å². The van der Waals surface area contributed by atoms with E-state index >= 15 is 0 Å². The quantitative estimate of drug-likeness (QED) is 0.875. The molecular formula is C15H21ClN2O3. The van der Waals surface area contributed by atoms with Crippen LogP contribution in [0.15, 0.2) is 24.3 Å². The van der Waals surface area contributed by atoms with Gasteiger partial charge < -0.3 is 10.0 Å². The molecule has 0 saturated carbocycles. The van der Waals surface area contributed by atoms with Gasteiger partial charge in [0.05, 0.1) is 0 Å². The molecule has 0 radical (unpaired) electrons. The number of nitrogens with zero attached hydrogens (tertiary/aromatic N) is 2. The first-order valence-corrected chi connectivity index (χ1v) is 7.34. The van der Waals surface area contributed by atoms with Gasteiger partial charge in [-0.2, -0.15) is 0 Å². The number of rotatable bonds is 6. The van der Waals surface area contributed by atoms with Gasteiger partial charge in [0.1, 0.15) is 6.54 Å². The average molecular weight is 313 g/mol. The van der Waals surface area contributed by atoms with Gasteiger partial charge >= 0.3 is 12.0 Å². The van der Waals surface area contributed by atoms with Crippen LogP contribution in [0, 0.1) is 0 Å². The summed E-state index contributed by atoms with van der Waals surface area (Å²) in [6, 6.07) is 6.36. The van der Waals surface area contributed by atoms with E-state index in [9.17, 15) is 9.59 Å². The third-order valence-electron chi connectivity index (χ3n) is 3.35. The van der Waals surface area contributed by atoms with Gasteiger partial charge in [0.25, 0.3) is 0 Å². The van der Waals surface area contributed by atoms with Crippen LogP contribution < -0.4 is 4.90 Å². The van der Waals surface area contributed by atoms with E-state index in [2.05, 4.69) is 0 Å². The van der Waals surface area contributed by atoms with Crippen LogP contribution >= 0.6 is 11.6 Å². The summed E-state index contributed by atoms with van der Waals surface area (Å²) < 4.78 is 0. The van der Waals surface area contributed by atoms with E-state index in [4.69, 9.17) is 16.7 Å². The number of amides is 2. The van der Waals surface area contributed by atoms with Gasteiger partial charge in [-0.3, -0.25) is 9.69 Å². The Hall–Kier alpha value is -1.75. The SMILES string of the molecule is CCC(C)N(CC)C(=O)N(CC(=O)O)c1cccc(Cl)c1. The Labute approximate surface area is 130 Å². The highest BCUT2D eigenvalue weighted by Crippen LogP contribution is 2.21. The third-order valence-corrected chi connectivity index (χ3v) is 3.59. The van der Waals surface area contributed by atoms with Crippen molar-refractivity contribution in [1.29, 1.82) is 0 Å². The second-order valence-electron chi connectivity index (χ2n) is 4.79. The second-order valence-corrected chi connectivity index (χ2v) is 5.22. The summed E-state index contributed by atoms with van der Waals surface area (Å²) in [6.45, 7) is 5.93. The fraction of sp³-hybridized carbons (Fsp3) is 0.467. The van der Waals surface area contributed by atoms with Crippen molar-refractivity contribution in [3.63, 3.8) is 0 Å². The molecule has 1 unspecified atom stereocenters. The van der Waals surface area contributed by atoms with Gasteiger partial charge in [0, 0.05) is 23.3 Å². The fourth-order valence-electron chi connectivity index (χ4n) is 2.06. The number of benzene rings is 1. The van der Waals surface area contributed by atoms with Crippen molar-refractivity contribution in [3.8, 4) is 0 Å². The molecule has 0 aromatic heterocycles. The zero-order valence-electron chi connectivity index (χ0n) is 12.5. The van der Waals surface area contributed by atoms with Crippen LogP contribution in [0.25, 0.3) is 0 Å². The molecule has 0 spiro atoms. The number of carboxylic acids is 1. The van der Waals surface area contributed by atoms with Gasteiger partial charge in [-0.1, -0.05) is 24.6 Å². The first-order chi connectivity index (χ1) is 9.90. The lowest BCUT2D eigenvalue weighted by molar-refractivity contribution is -0.135. The Morgan fingerprint density at radius 1 is 1.33 bits per heavy atom. The van der Waals surface area contributed by atoms with Crippen LogP contribution in [0.2, 0.25) is 5.02 Å². The van der Waals surface area contributed by atoms with Crippen molar-refractivity contribution in [1.82, 2.24) is 4.90 Å². The number of hydrogen-bond acceptors (Lipinski definition) is 2. The molecule has 1 aromatic rings. The smallest absolute Gasteiger partial charge is 0.325 e. The molecule has 2 amide bonds. The molecule has 0 bridgehead atoms. The number of carbonyl (C=O) groups excluding carboxylic acids is 1. The molecule has 0 saturated heterocycles. The van der Waals surface area contributed by atoms with E-state index in [1.165, 1.54) is 4.90 Å². The van der Waals surface area contributed by atoms with E-state index in [-0.39, 0.29) is 12.1 Å². The second kappa shape index (κ2) is 7.88. The van der Waals surface area contributed by atoms with E-state index in [1.807, 2.05) is 20.8 Å². The Bertz CT molecular complexity index is 507. The van der Waals surface area contributed by atoms with E-state index in [1.54, 1.807) is 29.2 Å². The molecule has 0 aliphatic carbocycles. The lowest BCUT2D eigenvalue weighted by Crippen LogP contribution is -2.49. The molecule has 116 valence electrons. The molecule has 21 heavy (non-hydrogen) atoms. The fourth-order valence-corrected chi connectivity index (χ4v) is 2.24. The van der Waals surface area contributed by atoms with Crippen molar-refractivity contribution in [2.75, 3.05) is 18.0 Å². The number of hydrogen-bond donors (Lipinski definition) is 1. The highest BCUT2D eigenvalue weighted by Gasteiger charge is 2.26. The van der Waals surface area contributed by atoms with Crippen molar-refractivity contribution in [2.45, 2.75) is 33.2 Å². The van der Waals surface area contributed by atoms with Crippen molar-refractivity contribution < 1.29 is 14.7 Å². The number of anilines is 1. The molecule has 0 fully saturated rings. The minimum absolute atomic E-state index is 0.0398. The monoisotopic (exact) mass is 312 g/mol. The van der Waals surface area contributed by atoms with Gasteiger partial charge in [-0.15, -0.1) is 0 Å². The van der Waals surface area contributed by atoms with Crippen LogP contribution in [-0.2, 0) is 4.79 Å². The predicted molar refractivity (Wildman–Crippen MR) is 84.0 cm³/mol. The molecule has 1 rings (SSSR count). The van der Waals surface area contributed by atoms with E-state index in [0.29, 0.717) is 17.3 Å². The van der Waals surface area contributed by atoms with E-state index in [0.717, 1.165) is 6.42 Å². The molecule has 0 aliphatic heterocycles. The largest absolute Gasteiger partial charge is 0.480 e. The standard InChI is InChI=1S/C15H21ClN2O3/c1-4-11(3)17(5-2)15(21)18(10-14(19)20)13-8-6-7-12(16)9-13/h6-9,11H,4-5,10H2,1-3H3,(H,19,20). The number of aliphatic carboxylic acids is 1. The predicted octanol–water partition coefficient (Wildman–Crippen LogP) is 3.47. The Balaban J connectivity index is 3.12. The molecule has 0 aliphatic rings. The maximum absolute atomic E-state index is 12.7. The Morgan fingerprint density at radius 2 is 2.00 bits per heavy atom. The van der Waals surface area contributed by atoms with Crippen LogP contribution in [0.4, 0.5) is 10.5 Å². The summed E-state index contributed by atoms with van der Waals surface area (Å²) in [5, 5.41) is 9.53. The number of urea groups is 1. The molecule has 1 atom stereocenters. The van der Waals surface area contributed by atoms with Crippen LogP contribution in [0.5, 0.6) is 0 Å². The summed E-state index contributed by atoms with van der Waals surface area (Å²) in [7, 11) is 0. The summed E-state index contributed by atoms with van der Waals surface area (Å²) in [4.78, 5) is 26.6. The topological polar surface area (TPSA) is 60.9 Å². The average Bonchev–Trinajstić information content (AvgIpc) is 2.44. The van der Waals surface area contributed by atoms with Crippen molar-refractivity contribution in [2.24, 2.45) is 0 Å². The number of carbonyl (C=O) groups is 2. The first kappa shape index (κ1) is 17.3. The van der Waals surface area contributed by atoms with Crippen LogP contribution in [0.1, 0.15) is 27.2 Å². The van der Waals surface area contributed by atoms with Gasteiger partial charge in [-0.05, 0) is 38.5 Å². The first-order valence-electron chi connectivity index (χ1n) is 6.96. The van der Waals surface area contributed by atoms with Crippen LogP contribution in [0.3, 0.4) is 0 Å². The van der Waals surface area contributed by atoms with Crippen LogP contribution in [-0.4, -0.2) is 41.1 Å². The van der Waals surface area contributed by atoms with Gasteiger partial charge in [0.2, 0.25) is 0 Å². The van der Waals surface area contributed by atoms with E-state index < -0.39 is 12.5 Å². The summed E-state index contributed by atoms with van der Waals surface area (Å²) in [6.07, 6.45) is 0.802. The highest BCUT2D eigenvalue weighted by atomic mass is 35.5.